The number of aromatic nitrogens is 4. The van der Waals surface area contributed by atoms with E-state index in [-0.39, 0.29) is 0 Å². The normalized spacial score (nSPS) is 10.8. The zero-order chi connectivity index (χ0) is 15.5. The van der Waals surface area contributed by atoms with Crippen molar-refractivity contribution in [3.63, 3.8) is 0 Å². The third-order valence-electron chi connectivity index (χ3n) is 3.53. The van der Waals surface area contributed by atoms with Gasteiger partial charge in [0.1, 0.15) is 0 Å². The molecule has 0 unspecified atom stereocenters. The minimum absolute atomic E-state index is 0.673. The minimum Gasteiger partial charge on any atom is -0.397 e. The van der Waals surface area contributed by atoms with Gasteiger partial charge in [0.2, 0.25) is 0 Å². The molecule has 0 aliphatic rings. The smallest absolute Gasteiger partial charge is 0.0764 e. The largest absolute Gasteiger partial charge is 0.397 e. The van der Waals surface area contributed by atoms with Crippen LogP contribution in [0.4, 0.5) is 5.69 Å². The third-order valence-corrected chi connectivity index (χ3v) is 3.53. The maximum atomic E-state index is 5.76. The van der Waals surface area contributed by atoms with E-state index >= 15 is 0 Å². The average molecular weight is 293 g/mol. The highest BCUT2D eigenvalue weighted by molar-refractivity contribution is 5.63. The molecule has 0 saturated heterocycles. The molecule has 0 saturated carbocycles. The fourth-order valence-corrected chi connectivity index (χ4v) is 2.49. The summed E-state index contributed by atoms with van der Waals surface area (Å²) in [5.41, 5.74) is 11.5. The molecule has 0 aromatic carbocycles. The molecule has 3 rings (SSSR count). The van der Waals surface area contributed by atoms with E-state index in [1.165, 1.54) is 0 Å². The standard InChI is InChI=1S/C17H19N5/c1-3-4-15-8-16(5-6-19-15)22-11-13(9-21-22)17-12(2)7-14(18)10-20-17/h5-11H,3-4,18H2,1-2H3. The Labute approximate surface area is 129 Å². The van der Waals surface area contributed by atoms with Crippen LogP contribution in [0.1, 0.15) is 24.6 Å². The fourth-order valence-electron chi connectivity index (χ4n) is 2.49. The second-order valence-electron chi connectivity index (χ2n) is 5.36. The molecular weight excluding hydrogens is 274 g/mol. The van der Waals surface area contributed by atoms with Crippen LogP contribution in [0.25, 0.3) is 16.9 Å². The summed E-state index contributed by atoms with van der Waals surface area (Å²) in [4.78, 5) is 8.79. The van der Waals surface area contributed by atoms with Crippen LogP contribution >= 0.6 is 0 Å². The van der Waals surface area contributed by atoms with Crippen molar-refractivity contribution in [2.45, 2.75) is 26.7 Å². The van der Waals surface area contributed by atoms with Crippen molar-refractivity contribution in [1.82, 2.24) is 19.7 Å². The van der Waals surface area contributed by atoms with Crippen molar-refractivity contribution in [2.75, 3.05) is 5.73 Å². The van der Waals surface area contributed by atoms with E-state index in [2.05, 4.69) is 28.1 Å². The van der Waals surface area contributed by atoms with Crippen LogP contribution in [0.2, 0.25) is 0 Å². The van der Waals surface area contributed by atoms with E-state index < -0.39 is 0 Å². The Balaban J connectivity index is 1.95. The molecule has 0 radical (unpaired) electrons. The molecule has 2 N–H and O–H groups in total. The summed E-state index contributed by atoms with van der Waals surface area (Å²) >= 11 is 0. The highest BCUT2D eigenvalue weighted by Crippen LogP contribution is 2.23. The summed E-state index contributed by atoms with van der Waals surface area (Å²) in [6.45, 7) is 4.15. The van der Waals surface area contributed by atoms with Gasteiger partial charge in [0, 0.05) is 23.7 Å². The first-order valence-electron chi connectivity index (χ1n) is 7.40. The first kappa shape index (κ1) is 14.3. The summed E-state index contributed by atoms with van der Waals surface area (Å²) in [6.07, 6.45) is 9.36. The summed E-state index contributed by atoms with van der Waals surface area (Å²) in [7, 11) is 0. The maximum absolute atomic E-state index is 5.76. The number of hydrogen-bond donors (Lipinski definition) is 1. The number of rotatable bonds is 4. The van der Waals surface area contributed by atoms with Crippen molar-refractivity contribution in [2.24, 2.45) is 0 Å². The number of nitrogens with zero attached hydrogens (tertiary/aromatic N) is 4. The summed E-state index contributed by atoms with van der Waals surface area (Å²) in [5, 5.41) is 4.45. The second-order valence-corrected chi connectivity index (χ2v) is 5.36. The first-order chi connectivity index (χ1) is 10.7. The number of nitrogen functional groups attached to an aromatic ring is 1. The van der Waals surface area contributed by atoms with Gasteiger partial charge >= 0.3 is 0 Å². The zero-order valence-corrected chi connectivity index (χ0v) is 12.8. The van der Waals surface area contributed by atoms with E-state index in [9.17, 15) is 0 Å². The van der Waals surface area contributed by atoms with Crippen molar-refractivity contribution in [3.05, 3.63) is 54.2 Å². The van der Waals surface area contributed by atoms with Crippen LogP contribution in [-0.4, -0.2) is 19.7 Å². The molecule has 5 heteroatoms. The Morgan fingerprint density at radius 3 is 2.82 bits per heavy atom. The molecular formula is C17H19N5. The van der Waals surface area contributed by atoms with Crippen LogP contribution in [0.5, 0.6) is 0 Å². The van der Waals surface area contributed by atoms with Crippen LogP contribution in [0.3, 0.4) is 0 Å². The van der Waals surface area contributed by atoms with Crippen molar-refractivity contribution < 1.29 is 0 Å². The van der Waals surface area contributed by atoms with E-state index in [1.54, 1.807) is 6.20 Å². The van der Waals surface area contributed by atoms with Gasteiger partial charge in [0.25, 0.3) is 0 Å². The molecule has 5 nitrogen and oxygen atoms in total. The van der Waals surface area contributed by atoms with Gasteiger partial charge in [-0.2, -0.15) is 5.10 Å². The molecule has 112 valence electrons. The highest BCUT2D eigenvalue weighted by atomic mass is 15.3. The van der Waals surface area contributed by atoms with Crippen molar-refractivity contribution >= 4 is 5.69 Å². The lowest BCUT2D eigenvalue weighted by Crippen LogP contribution is -1.97. The molecule has 0 spiro atoms. The van der Waals surface area contributed by atoms with Gasteiger partial charge < -0.3 is 5.73 Å². The third kappa shape index (κ3) is 2.83. The van der Waals surface area contributed by atoms with E-state index in [4.69, 9.17) is 5.73 Å². The van der Waals surface area contributed by atoms with Crippen LogP contribution < -0.4 is 5.73 Å². The van der Waals surface area contributed by atoms with Crippen LogP contribution in [0.15, 0.2) is 43.0 Å². The van der Waals surface area contributed by atoms with Gasteiger partial charge in [0.05, 0.1) is 29.5 Å². The SMILES string of the molecule is CCCc1cc(-n2cc(-c3ncc(N)cc3C)cn2)ccn1. The van der Waals surface area contributed by atoms with Gasteiger partial charge in [0.15, 0.2) is 0 Å². The number of anilines is 1. The lowest BCUT2D eigenvalue weighted by atomic mass is 10.1. The molecule has 3 aromatic heterocycles. The van der Waals surface area contributed by atoms with E-state index in [1.807, 2.05) is 42.3 Å². The topological polar surface area (TPSA) is 69.6 Å². The Kier molecular flexibility index (Phi) is 3.87. The second kappa shape index (κ2) is 5.97. The molecule has 0 atom stereocenters. The Morgan fingerprint density at radius 2 is 2.05 bits per heavy atom. The van der Waals surface area contributed by atoms with Crippen LogP contribution in [-0.2, 0) is 6.42 Å². The predicted molar refractivity (Wildman–Crippen MR) is 87.7 cm³/mol. The van der Waals surface area contributed by atoms with Crippen molar-refractivity contribution in [3.8, 4) is 16.9 Å². The Hall–Kier alpha value is -2.69. The number of hydrogen-bond acceptors (Lipinski definition) is 4. The quantitative estimate of drug-likeness (QED) is 0.802. The number of nitrogens with two attached hydrogens (primary N) is 1. The zero-order valence-electron chi connectivity index (χ0n) is 12.8. The summed E-state index contributed by atoms with van der Waals surface area (Å²) in [5.74, 6) is 0. The molecule has 0 aliphatic heterocycles. The van der Waals surface area contributed by atoms with Gasteiger partial charge in [-0.1, -0.05) is 13.3 Å². The van der Waals surface area contributed by atoms with Gasteiger partial charge in [-0.25, -0.2) is 4.68 Å². The predicted octanol–water partition coefficient (Wildman–Crippen LogP) is 3.17. The van der Waals surface area contributed by atoms with E-state index in [0.717, 1.165) is 41.0 Å². The van der Waals surface area contributed by atoms with Crippen molar-refractivity contribution in [1.29, 1.82) is 0 Å². The number of aryl methyl sites for hydroxylation is 2. The minimum atomic E-state index is 0.673. The Bertz CT molecular complexity index is 791. The van der Waals surface area contributed by atoms with Crippen LogP contribution in [0, 0.1) is 6.92 Å². The fraction of sp³-hybridized carbons (Fsp3) is 0.235. The molecule has 22 heavy (non-hydrogen) atoms. The van der Waals surface area contributed by atoms with E-state index in [0.29, 0.717) is 5.69 Å². The summed E-state index contributed by atoms with van der Waals surface area (Å²) in [6, 6.07) is 5.95. The Morgan fingerprint density at radius 1 is 1.18 bits per heavy atom. The molecule has 0 amide bonds. The molecule has 0 bridgehead atoms. The van der Waals surface area contributed by atoms with Gasteiger partial charge in [-0.15, -0.1) is 0 Å². The summed E-state index contributed by atoms with van der Waals surface area (Å²) < 4.78 is 1.85. The lowest BCUT2D eigenvalue weighted by molar-refractivity contribution is 0.848. The first-order valence-corrected chi connectivity index (χ1v) is 7.40. The monoisotopic (exact) mass is 293 g/mol. The molecule has 3 aromatic rings. The maximum Gasteiger partial charge on any atom is 0.0764 e. The molecule has 3 heterocycles. The lowest BCUT2D eigenvalue weighted by Gasteiger charge is -2.04. The number of pyridine rings is 2. The van der Waals surface area contributed by atoms with Gasteiger partial charge in [-0.3, -0.25) is 9.97 Å². The van der Waals surface area contributed by atoms with Gasteiger partial charge in [-0.05, 0) is 37.1 Å². The molecule has 0 fully saturated rings. The molecule has 0 aliphatic carbocycles. The highest BCUT2D eigenvalue weighted by Gasteiger charge is 2.08. The average Bonchev–Trinajstić information content (AvgIpc) is 2.97.